The van der Waals surface area contributed by atoms with Crippen molar-refractivity contribution in [3.8, 4) is 17.2 Å². The summed E-state index contributed by atoms with van der Waals surface area (Å²) < 4.78 is 21.4. The molecule has 2 aromatic rings. The van der Waals surface area contributed by atoms with Crippen LogP contribution in [0.25, 0.3) is 0 Å². The number of amides is 1. The molecule has 0 unspecified atom stereocenters. The topological polar surface area (TPSA) is 78.4 Å². The quantitative estimate of drug-likeness (QED) is 0.382. The minimum absolute atomic E-state index is 0.443. The highest BCUT2D eigenvalue weighted by molar-refractivity contribution is 5.85. The van der Waals surface area contributed by atoms with Gasteiger partial charge in [0.15, 0.2) is 11.5 Å². The van der Waals surface area contributed by atoms with E-state index in [1.807, 2.05) is 24.3 Å². The van der Waals surface area contributed by atoms with Crippen LogP contribution in [-0.4, -0.2) is 39.7 Å². The van der Waals surface area contributed by atoms with Gasteiger partial charge in [-0.3, -0.25) is 0 Å². The SMILES string of the molecule is CCc1ccc(OCCCOc2c(/C=N/NC(=O)OC)cccc2OC)cc1. The van der Waals surface area contributed by atoms with E-state index in [9.17, 15) is 4.79 Å². The molecule has 28 heavy (non-hydrogen) atoms. The Bertz CT molecular complexity index is 775. The van der Waals surface area contributed by atoms with Gasteiger partial charge in [-0.1, -0.05) is 25.1 Å². The molecule has 1 N–H and O–H groups in total. The standard InChI is InChI=1S/C21H26N2O5/c1-4-16-9-11-18(12-10-16)27-13-6-14-28-20-17(7-5-8-19(20)25-2)15-22-23-21(24)26-3/h5,7-12,15H,4,6,13-14H2,1-3H3,(H,23,24)/b22-15+. The molecule has 7 heteroatoms. The number of methoxy groups -OCH3 is 2. The Hall–Kier alpha value is -3.22. The molecule has 0 spiro atoms. The first-order chi connectivity index (χ1) is 13.7. The molecule has 150 valence electrons. The van der Waals surface area contributed by atoms with E-state index >= 15 is 0 Å². The average Bonchev–Trinajstić information content (AvgIpc) is 2.74. The summed E-state index contributed by atoms with van der Waals surface area (Å²) in [6, 6.07) is 13.5. The third kappa shape index (κ3) is 6.50. The van der Waals surface area contributed by atoms with E-state index in [-0.39, 0.29) is 0 Å². The van der Waals surface area contributed by atoms with E-state index in [0.717, 1.165) is 12.2 Å². The van der Waals surface area contributed by atoms with E-state index in [2.05, 4.69) is 34.3 Å². The van der Waals surface area contributed by atoms with E-state index in [1.165, 1.54) is 18.9 Å². The molecule has 0 aliphatic heterocycles. The Morgan fingerprint density at radius 2 is 1.82 bits per heavy atom. The zero-order chi connectivity index (χ0) is 20.2. The molecule has 7 nitrogen and oxygen atoms in total. The molecular formula is C21H26N2O5. The van der Waals surface area contributed by atoms with Gasteiger partial charge in [0.2, 0.25) is 0 Å². The van der Waals surface area contributed by atoms with Gasteiger partial charge >= 0.3 is 6.09 Å². The first-order valence-electron chi connectivity index (χ1n) is 9.06. The van der Waals surface area contributed by atoms with Crippen LogP contribution in [0.3, 0.4) is 0 Å². The number of aryl methyl sites for hydroxylation is 1. The molecule has 0 saturated heterocycles. The lowest BCUT2D eigenvalue weighted by atomic mass is 10.2. The zero-order valence-corrected chi connectivity index (χ0v) is 16.4. The number of hydrogen-bond acceptors (Lipinski definition) is 6. The predicted molar refractivity (Wildman–Crippen MR) is 108 cm³/mol. The van der Waals surface area contributed by atoms with Crippen LogP contribution in [-0.2, 0) is 11.2 Å². The Labute approximate surface area is 165 Å². The fourth-order valence-electron chi connectivity index (χ4n) is 2.39. The zero-order valence-electron chi connectivity index (χ0n) is 16.4. The number of hydrazone groups is 1. The fraction of sp³-hybridized carbons (Fsp3) is 0.333. The lowest BCUT2D eigenvalue weighted by Gasteiger charge is -2.13. The van der Waals surface area contributed by atoms with Crippen molar-refractivity contribution in [3.05, 3.63) is 53.6 Å². The lowest BCUT2D eigenvalue weighted by Crippen LogP contribution is -2.16. The van der Waals surface area contributed by atoms with Gasteiger partial charge < -0.3 is 18.9 Å². The molecule has 0 fully saturated rings. The first kappa shape index (κ1) is 21.1. The second-order valence-electron chi connectivity index (χ2n) is 5.79. The Balaban J connectivity index is 1.88. The van der Waals surface area contributed by atoms with Crippen LogP contribution in [0.15, 0.2) is 47.6 Å². The molecule has 0 aromatic heterocycles. The maximum atomic E-state index is 11.1. The number of ether oxygens (including phenoxy) is 4. The molecule has 0 saturated carbocycles. The van der Waals surface area contributed by atoms with Gasteiger partial charge in [0.1, 0.15) is 5.75 Å². The largest absolute Gasteiger partial charge is 0.493 e. The van der Waals surface area contributed by atoms with Crippen molar-refractivity contribution >= 4 is 12.3 Å². The monoisotopic (exact) mass is 386 g/mol. The lowest BCUT2D eigenvalue weighted by molar-refractivity contribution is 0.171. The van der Waals surface area contributed by atoms with Crippen LogP contribution in [0.5, 0.6) is 17.2 Å². The van der Waals surface area contributed by atoms with Crippen LogP contribution in [0.1, 0.15) is 24.5 Å². The second-order valence-corrected chi connectivity index (χ2v) is 5.79. The number of hydrogen-bond donors (Lipinski definition) is 1. The minimum Gasteiger partial charge on any atom is -0.493 e. The molecule has 1 amide bonds. The minimum atomic E-state index is -0.647. The maximum Gasteiger partial charge on any atom is 0.427 e. The van der Waals surface area contributed by atoms with Gasteiger partial charge in [-0.15, -0.1) is 0 Å². The highest BCUT2D eigenvalue weighted by Crippen LogP contribution is 2.30. The first-order valence-corrected chi connectivity index (χ1v) is 9.06. The summed E-state index contributed by atoms with van der Waals surface area (Å²) in [6.07, 6.45) is 2.53. The van der Waals surface area contributed by atoms with Gasteiger partial charge in [0.05, 0.1) is 33.6 Å². The molecule has 0 aliphatic carbocycles. The number of nitrogens with zero attached hydrogens (tertiary/aromatic N) is 1. The number of rotatable bonds is 10. The van der Waals surface area contributed by atoms with E-state index in [0.29, 0.717) is 36.7 Å². The molecule has 2 aromatic carbocycles. The van der Waals surface area contributed by atoms with Crippen molar-refractivity contribution in [2.45, 2.75) is 19.8 Å². The molecule has 0 bridgehead atoms. The van der Waals surface area contributed by atoms with Gasteiger partial charge in [0.25, 0.3) is 0 Å². The number of benzene rings is 2. The maximum absolute atomic E-state index is 11.1. The van der Waals surface area contributed by atoms with Crippen LogP contribution in [0, 0.1) is 0 Å². The number of nitrogens with one attached hydrogen (secondary N) is 1. The number of carbonyl (C=O) groups excluding carboxylic acids is 1. The van der Waals surface area contributed by atoms with Crippen molar-refractivity contribution in [2.24, 2.45) is 5.10 Å². The molecule has 0 atom stereocenters. The summed E-state index contributed by atoms with van der Waals surface area (Å²) in [5, 5.41) is 3.84. The highest BCUT2D eigenvalue weighted by atomic mass is 16.5. The summed E-state index contributed by atoms with van der Waals surface area (Å²) in [5.74, 6) is 1.97. The number of carbonyl (C=O) groups is 1. The van der Waals surface area contributed by atoms with Crippen molar-refractivity contribution in [1.82, 2.24) is 5.43 Å². The third-order valence-electron chi connectivity index (χ3n) is 3.91. The van der Waals surface area contributed by atoms with Crippen molar-refractivity contribution < 1.29 is 23.7 Å². The molecular weight excluding hydrogens is 360 g/mol. The van der Waals surface area contributed by atoms with Gasteiger partial charge in [-0.25, -0.2) is 10.2 Å². The van der Waals surface area contributed by atoms with Crippen LogP contribution in [0.2, 0.25) is 0 Å². The second kappa shape index (κ2) is 11.5. The Morgan fingerprint density at radius 3 is 2.50 bits per heavy atom. The predicted octanol–water partition coefficient (Wildman–Crippen LogP) is 3.80. The van der Waals surface area contributed by atoms with Crippen molar-refractivity contribution in [3.63, 3.8) is 0 Å². The fourth-order valence-corrected chi connectivity index (χ4v) is 2.39. The average molecular weight is 386 g/mol. The van der Waals surface area contributed by atoms with Crippen LogP contribution in [0.4, 0.5) is 4.79 Å². The van der Waals surface area contributed by atoms with E-state index < -0.39 is 6.09 Å². The summed E-state index contributed by atoms with van der Waals surface area (Å²) in [7, 11) is 2.84. The Morgan fingerprint density at radius 1 is 1.07 bits per heavy atom. The summed E-state index contributed by atoms with van der Waals surface area (Å²) >= 11 is 0. The van der Waals surface area contributed by atoms with Gasteiger partial charge in [-0.05, 0) is 36.2 Å². The Kier molecular flexibility index (Phi) is 8.65. The summed E-state index contributed by atoms with van der Waals surface area (Å²) in [6.45, 7) is 3.10. The third-order valence-corrected chi connectivity index (χ3v) is 3.91. The highest BCUT2D eigenvalue weighted by Gasteiger charge is 2.09. The van der Waals surface area contributed by atoms with Gasteiger partial charge in [0, 0.05) is 12.0 Å². The van der Waals surface area contributed by atoms with Crippen LogP contribution >= 0.6 is 0 Å². The molecule has 0 radical (unpaired) electrons. The molecule has 2 rings (SSSR count). The number of para-hydroxylation sites is 1. The summed E-state index contributed by atoms with van der Waals surface area (Å²) in [5.41, 5.74) is 4.19. The molecule has 0 aliphatic rings. The van der Waals surface area contributed by atoms with Crippen molar-refractivity contribution in [2.75, 3.05) is 27.4 Å². The van der Waals surface area contributed by atoms with E-state index in [4.69, 9.17) is 14.2 Å². The summed E-state index contributed by atoms with van der Waals surface area (Å²) in [4.78, 5) is 11.1. The van der Waals surface area contributed by atoms with Gasteiger partial charge in [-0.2, -0.15) is 5.10 Å². The van der Waals surface area contributed by atoms with Crippen LogP contribution < -0.4 is 19.6 Å². The molecule has 0 heterocycles. The van der Waals surface area contributed by atoms with E-state index in [1.54, 1.807) is 13.2 Å². The normalized spacial score (nSPS) is 10.5. The smallest absolute Gasteiger partial charge is 0.427 e. The van der Waals surface area contributed by atoms with Crippen molar-refractivity contribution in [1.29, 1.82) is 0 Å².